The molecule has 2 heteroatoms. The van der Waals surface area contributed by atoms with Gasteiger partial charge in [-0.15, -0.1) is 0 Å². The van der Waals surface area contributed by atoms with Crippen molar-refractivity contribution in [2.45, 2.75) is 118 Å². The zero-order valence-corrected chi connectivity index (χ0v) is 22.0. The van der Waals surface area contributed by atoms with Crippen LogP contribution in [-0.2, 0) is 10.8 Å². The fourth-order valence-corrected chi connectivity index (χ4v) is 5.46. The van der Waals surface area contributed by atoms with E-state index >= 15 is 0 Å². The molecule has 178 valence electrons. The van der Waals surface area contributed by atoms with Gasteiger partial charge in [0, 0.05) is 28.2 Å². The maximum Gasteiger partial charge on any atom is 0.123 e. The number of aromatic hydroxyl groups is 2. The summed E-state index contributed by atoms with van der Waals surface area (Å²) in [5.74, 6) is 0.776. The number of aryl methyl sites for hydroxylation is 2. The Balaban J connectivity index is 2.76. The van der Waals surface area contributed by atoms with E-state index in [-0.39, 0.29) is 16.7 Å². The predicted molar refractivity (Wildman–Crippen MR) is 138 cm³/mol. The van der Waals surface area contributed by atoms with E-state index < -0.39 is 0 Å². The van der Waals surface area contributed by atoms with Gasteiger partial charge in [0.2, 0.25) is 0 Å². The number of rotatable bonds is 10. The first-order chi connectivity index (χ1) is 14.9. The van der Waals surface area contributed by atoms with Crippen LogP contribution in [0.4, 0.5) is 0 Å². The molecule has 0 aliphatic heterocycles. The Labute approximate surface area is 197 Å². The zero-order valence-electron chi connectivity index (χ0n) is 22.0. The number of hydrogen-bond donors (Lipinski definition) is 2. The minimum Gasteiger partial charge on any atom is -0.507 e. The van der Waals surface area contributed by atoms with E-state index in [0.29, 0.717) is 11.5 Å². The summed E-state index contributed by atoms with van der Waals surface area (Å²) in [6.07, 6.45) is 6.05. The highest BCUT2D eigenvalue weighted by Gasteiger charge is 2.31. The summed E-state index contributed by atoms with van der Waals surface area (Å²) in [6, 6.07) is 8.53. The molecular formula is C30H46O2. The Morgan fingerprint density at radius 2 is 1.03 bits per heavy atom. The fourth-order valence-electron chi connectivity index (χ4n) is 5.46. The van der Waals surface area contributed by atoms with Crippen LogP contribution in [0.25, 0.3) is 0 Å². The van der Waals surface area contributed by atoms with Crippen LogP contribution < -0.4 is 0 Å². The van der Waals surface area contributed by atoms with Gasteiger partial charge in [0.05, 0.1) is 0 Å². The molecule has 2 rings (SSSR count). The van der Waals surface area contributed by atoms with Crippen molar-refractivity contribution in [2.24, 2.45) is 0 Å². The molecule has 0 aliphatic rings. The molecule has 0 aliphatic carbocycles. The monoisotopic (exact) mass is 438 g/mol. The molecule has 0 fully saturated rings. The topological polar surface area (TPSA) is 40.5 Å². The molecule has 0 atom stereocenters. The van der Waals surface area contributed by atoms with Gasteiger partial charge in [-0.05, 0) is 43.9 Å². The molecular weight excluding hydrogens is 392 g/mol. The highest BCUT2D eigenvalue weighted by Crippen LogP contribution is 2.47. The van der Waals surface area contributed by atoms with Crippen LogP contribution in [0.5, 0.6) is 11.5 Å². The summed E-state index contributed by atoms with van der Waals surface area (Å²) >= 11 is 0. The SMILES string of the molecule is CCCC(c1cc(C)cc(C(C)(C)CCC)c1O)c1cc(C)cc(C(C)(C)CCC)c1O. The summed E-state index contributed by atoms with van der Waals surface area (Å²) < 4.78 is 0. The molecule has 0 spiro atoms. The molecule has 0 saturated heterocycles. The molecule has 2 nitrogen and oxygen atoms in total. The van der Waals surface area contributed by atoms with Gasteiger partial charge in [-0.3, -0.25) is 0 Å². The third-order valence-electron chi connectivity index (χ3n) is 7.10. The van der Waals surface area contributed by atoms with Crippen molar-refractivity contribution in [2.75, 3.05) is 0 Å². The van der Waals surface area contributed by atoms with Crippen LogP contribution in [0.1, 0.15) is 126 Å². The smallest absolute Gasteiger partial charge is 0.123 e. The first-order valence-corrected chi connectivity index (χ1v) is 12.6. The van der Waals surface area contributed by atoms with Crippen molar-refractivity contribution in [1.29, 1.82) is 0 Å². The van der Waals surface area contributed by atoms with E-state index in [2.05, 4.69) is 86.6 Å². The van der Waals surface area contributed by atoms with Crippen molar-refractivity contribution in [3.05, 3.63) is 57.6 Å². The molecule has 0 radical (unpaired) electrons. The summed E-state index contributed by atoms with van der Waals surface area (Å²) in [5.41, 5.74) is 6.08. The van der Waals surface area contributed by atoms with Gasteiger partial charge in [-0.1, -0.05) is 103 Å². The van der Waals surface area contributed by atoms with Crippen LogP contribution in [-0.4, -0.2) is 10.2 Å². The average molecular weight is 439 g/mol. The molecule has 0 amide bonds. The van der Waals surface area contributed by atoms with Crippen LogP contribution in [0.15, 0.2) is 24.3 Å². The van der Waals surface area contributed by atoms with Gasteiger partial charge in [0.1, 0.15) is 11.5 Å². The van der Waals surface area contributed by atoms with Crippen LogP contribution in [0, 0.1) is 13.8 Å². The second-order valence-electron chi connectivity index (χ2n) is 11.1. The lowest BCUT2D eigenvalue weighted by atomic mass is 9.74. The molecule has 2 aromatic rings. The third kappa shape index (κ3) is 5.50. The van der Waals surface area contributed by atoms with Crippen LogP contribution in [0.3, 0.4) is 0 Å². The lowest BCUT2D eigenvalue weighted by Gasteiger charge is -2.31. The minimum atomic E-state index is -0.0979. The van der Waals surface area contributed by atoms with Crippen molar-refractivity contribution in [3.63, 3.8) is 0 Å². The molecule has 0 aromatic heterocycles. The Hall–Kier alpha value is -1.96. The molecule has 0 heterocycles. The molecule has 0 bridgehead atoms. The van der Waals surface area contributed by atoms with Crippen molar-refractivity contribution in [1.82, 2.24) is 0 Å². The Bertz CT molecular complexity index is 847. The van der Waals surface area contributed by atoms with Gasteiger partial charge in [0.15, 0.2) is 0 Å². The highest BCUT2D eigenvalue weighted by molar-refractivity contribution is 5.56. The number of benzene rings is 2. The minimum absolute atomic E-state index is 0.0350. The Morgan fingerprint density at radius 1 is 0.656 bits per heavy atom. The molecule has 0 saturated carbocycles. The lowest BCUT2D eigenvalue weighted by Crippen LogP contribution is -2.19. The average Bonchev–Trinajstić information content (AvgIpc) is 2.69. The van der Waals surface area contributed by atoms with Crippen LogP contribution in [0.2, 0.25) is 0 Å². The molecule has 0 unspecified atom stereocenters. The van der Waals surface area contributed by atoms with Gasteiger partial charge in [0.25, 0.3) is 0 Å². The number of hydrogen-bond acceptors (Lipinski definition) is 2. The zero-order chi connectivity index (χ0) is 24.3. The van der Waals surface area contributed by atoms with Gasteiger partial charge in [-0.25, -0.2) is 0 Å². The van der Waals surface area contributed by atoms with Gasteiger partial charge < -0.3 is 10.2 Å². The lowest BCUT2D eigenvalue weighted by molar-refractivity contribution is 0.402. The maximum absolute atomic E-state index is 11.5. The summed E-state index contributed by atoms with van der Waals surface area (Å²) in [5, 5.41) is 23.1. The van der Waals surface area contributed by atoms with Crippen LogP contribution >= 0.6 is 0 Å². The van der Waals surface area contributed by atoms with E-state index in [4.69, 9.17) is 0 Å². The third-order valence-corrected chi connectivity index (χ3v) is 7.10. The van der Waals surface area contributed by atoms with Crippen molar-refractivity contribution >= 4 is 0 Å². The van der Waals surface area contributed by atoms with Crippen molar-refractivity contribution in [3.8, 4) is 11.5 Å². The van der Waals surface area contributed by atoms with Gasteiger partial charge in [-0.2, -0.15) is 0 Å². The first kappa shape index (κ1) is 26.3. The maximum atomic E-state index is 11.5. The standard InChI is InChI=1S/C30H46O2/c1-10-13-22(23-16-20(4)18-25(27(23)31)29(6,7)14-11-2)24-17-21(5)19-26(28(24)32)30(8,9)15-12-3/h16-19,22,31-32H,10-15H2,1-9H3. The summed E-state index contributed by atoms with van der Waals surface area (Å²) in [6.45, 7) is 19.7. The van der Waals surface area contributed by atoms with Crippen molar-refractivity contribution < 1.29 is 10.2 Å². The second-order valence-corrected chi connectivity index (χ2v) is 11.1. The highest BCUT2D eigenvalue weighted by atomic mass is 16.3. The molecule has 2 N–H and O–H groups in total. The largest absolute Gasteiger partial charge is 0.507 e. The molecule has 32 heavy (non-hydrogen) atoms. The number of phenolic OH excluding ortho intramolecular Hbond substituents is 2. The van der Waals surface area contributed by atoms with E-state index in [1.165, 1.54) is 0 Å². The van der Waals surface area contributed by atoms with E-state index in [0.717, 1.165) is 71.9 Å². The normalized spacial score (nSPS) is 12.6. The van der Waals surface area contributed by atoms with E-state index in [9.17, 15) is 10.2 Å². The predicted octanol–water partition coefficient (Wildman–Crippen LogP) is 8.80. The molecule has 2 aromatic carbocycles. The summed E-state index contributed by atoms with van der Waals surface area (Å²) in [7, 11) is 0. The number of phenols is 2. The van der Waals surface area contributed by atoms with Gasteiger partial charge >= 0.3 is 0 Å². The quantitative estimate of drug-likeness (QED) is 0.389. The van der Waals surface area contributed by atoms with E-state index in [1.54, 1.807) is 0 Å². The van der Waals surface area contributed by atoms with E-state index in [1.807, 2.05) is 0 Å². The first-order valence-electron chi connectivity index (χ1n) is 12.6. The Morgan fingerprint density at radius 3 is 1.34 bits per heavy atom. The fraction of sp³-hybridized carbons (Fsp3) is 0.600. The Kier molecular flexibility index (Phi) is 8.48. The summed E-state index contributed by atoms with van der Waals surface area (Å²) in [4.78, 5) is 0. The second kappa shape index (κ2) is 10.3.